The Balaban J connectivity index is 1.48. The average Bonchev–Trinajstić information content (AvgIpc) is 3.10. The van der Waals surface area contributed by atoms with Gasteiger partial charge in [-0.3, -0.25) is 4.79 Å². The highest BCUT2D eigenvalue weighted by Gasteiger charge is 2.24. The molecule has 1 aliphatic rings. The molecule has 0 bridgehead atoms. The van der Waals surface area contributed by atoms with Crippen LogP contribution >= 0.6 is 11.6 Å². The molecule has 122 valence electrons. The van der Waals surface area contributed by atoms with Crippen molar-refractivity contribution in [1.29, 1.82) is 0 Å². The van der Waals surface area contributed by atoms with E-state index in [2.05, 4.69) is 10.2 Å². The number of amides is 1. The van der Waals surface area contributed by atoms with E-state index in [-0.39, 0.29) is 17.0 Å². The van der Waals surface area contributed by atoms with Gasteiger partial charge < -0.3 is 4.90 Å². The zero-order valence-electron chi connectivity index (χ0n) is 12.7. The van der Waals surface area contributed by atoms with Gasteiger partial charge in [0, 0.05) is 19.5 Å². The summed E-state index contributed by atoms with van der Waals surface area (Å²) in [6, 6.07) is 4.86. The second kappa shape index (κ2) is 7.08. The van der Waals surface area contributed by atoms with Gasteiger partial charge in [0.2, 0.25) is 5.91 Å². The van der Waals surface area contributed by atoms with Crippen molar-refractivity contribution in [2.45, 2.75) is 31.7 Å². The average molecular weight is 337 g/mol. The summed E-state index contributed by atoms with van der Waals surface area (Å²) >= 11 is 5.76. The molecule has 1 aromatic heterocycles. The fourth-order valence-electron chi connectivity index (χ4n) is 2.87. The highest BCUT2D eigenvalue weighted by molar-refractivity contribution is 6.30. The molecule has 3 rings (SSSR count). The molecule has 2 aromatic rings. The number of carbonyl (C=O) groups excluding carboxylic acids is 1. The third kappa shape index (κ3) is 3.88. The second-order valence-corrected chi connectivity index (χ2v) is 6.12. The number of piperidine rings is 1. The molecule has 0 unspecified atom stereocenters. The summed E-state index contributed by atoms with van der Waals surface area (Å²) in [7, 11) is 0. The second-order valence-electron chi connectivity index (χ2n) is 5.71. The monoisotopic (exact) mass is 336 g/mol. The minimum atomic E-state index is -0.434. The van der Waals surface area contributed by atoms with E-state index in [1.54, 1.807) is 29.3 Å². The Bertz CT molecular complexity index is 669. The minimum absolute atomic E-state index is 0.0995. The first-order chi connectivity index (χ1) is 11.1. The van der Waals surface area contributed by atoms with Crippen LogP contribution in [0.3, 0.4) is 0 Å². The lowest BCUT2D eigenvalue weighted by molar-refractivity contribution is -0.132. The van der Waals surface area contributed by atoms with Crippen LogP contribution < -0.4 is 0 Å². The van der Waals surface area contributed by atoms with E-state index in [0.717, 1.165) is 31.5 Å². The lowest BCUT2D eigenvalue weighted by Crippen LogP contribution is -2.39. The van der Waals surface area contributed by atoms with E-state index in [0.29, 0.717) is 12.8 Å². The predicted molar refractivity (Wildman–Crippen MR) is 84.6 cm³/mol. The molecular formula is C16H18ClFN4O. The van der Waals surface area contributed by atoms with Crippen molar-refractivity contribution in [1.82, 2.24) is 19.9 Å². The Morgan fingerprint density at radius 1 is 1.26 bits per heavy atom. The number of hydrogen-bond acceptors (Lipinski definition) is 3. The normalized spacial score (nSPS) is 15.8. The molecule has 1 saturated heterocycles. The van der Waals surface area contributed by atoms with Crippen LogP contribution in [0, 0.1) is 5.82 Å². The summed E-state index contributed by atoms with van der Waals surface area (Å²) in [4.78, 5) is 15.9. The van der Waals surface area contributed by atoms with Gasteiger partial charge in [0.1, 0.15) is 5.82 Å². The predicted octanol–water partition coefficient (Wildman–Crippen LogP) is 2.87. The Hall–Kier alpha value is -1.95. The van der Waals surface area contributed by atoms with Gasteiger partial charge in [0.05, 0.1) is 23.5 Å². The van der Waals surface area contributed by atoms with Crippen molar-refractivity contribution >= 4 is 17.5 Å². The maximum absolute atomic E-state index is 13.1. The molecule has 1 fully saturated rings. The van der Waals surface area contributed by atoms with E-state index in [4.69, 9.17) is 11.6 Å². The number of rotatable bonds is 4. The molecule has 2 heterocycles. The highest BCUT2D eigenvalue weighted by atomic mass is 35.5. The van der Waals surface area contributed by atoms with Gasteiger partial charge in [-0.15, -0.1) is 0 Å². The molecule has 1 aliphatic heterocycles. The molecule has 5 nitrogen and oxygen atoms in total. The smallest absolute Gasteiger partial charge is 0.222 e. The molecule has 1 amide bonds. The molecule has 1 aromatic carbocycles. The molecule has 0 radical (unpaired) electrons. The summed E-state index contributed by atoms with van der Waals surface area (Å²) < 4.78 is 13.1. The van der Waals surface area contributed by atoms with Crippen LogP contribution in [-0.4, -0.2) is 38.9 Å². The van der Waals surface area contributed by atoms with Crippen LogP contribution in [0.2, 0.25) is 5.02 Å². The van der Waals surface area contributed by atoms with E-state index >= 15 is 0 Å². The Labute approximate surface area is 139 Å². The fraction of sp³-hybridized carbons (Fsp3) is 0.438. The third-order valence-corrected chi connectivity index (χ3v) is 4.48. The Kier molecular flexibility index (Phi) is 4.91. The standard InChI is InChI=1S/C16H18ClFN4O/c17-14-11-12(1-3-15(14)18)2-4-16(23)21-9-5-13(6-10-21)22-19-7-8-20-22/h1,3,7-8,11,13H,2,4-6,9-10H2. The van der Waals surface area contributed by atoms with Crippen molar-refractivity contribution in [2.24, 2.45) is 0 Å². The van der Waals surface area contributed by atoms with Gasteiger partial charge in [-0.05, 0) is 37.0 Å². The number of aryl methyl sites for hydroxylation is 1. The molecule has 0 N–H and O–H groups in total. The van der Waals surface area contributed by atoms with Crippen LogP contribution in [-0.2, 0) is 11.2 Å². The number of aromatic nitrogens is 3. The van der Waals surface area contributed by atoms with E-state index in [9.17, 15) is 9.18 Å². The first kappa shape index (κ1) is 15.9. The lowest BCUT2D eigenvalue weighted by atomic mass is 10.0. The number of carbonyl (C=O) groups is 1. The largest absolute Gasteiger partial charge is 0.343 e. The Morgan fingerprint density at radius 2 is 1.96 bits per heavy atom. The van der Waals surface area contributed by atoms with Crippen LogP contribution in [0.15, 0.2) is 30.6 Å². The first-order valence-corrected chi connectivity index (χ1v) is 8.09. The number of halogens is 2. The van der Waals surface area contributed by atoms with E-state index < -0.39 is 5.82 Å². The highest BCUT2D eigenvalue weighted by Crippen LogP contribution is 2.22. The molecule has 0 atom stereocenters. The molecule has 0 spiro atoms. The first-order valence-electron chi connectivity index (χ1n) is 7.71. The number of hydrogen-bond donors (Lipinski definition) is 0. The van der Waals surface area contributed by atoms with E-state index in [1.165, 1.54) is 6.07 Å². The number of benzene rings is 1. The van der Waals surface area contributed by atoms with Crippen LogP contribution in [0.4, 0.5) is 4.39 Å². The SMILES string of the molecule is O=C(CCc1ccc(F)c(Cl)c1)N1CCC(n2nccn2)CC1. The molecule has 23 heavy (non-hydrogen) atoms. The van der Waals surface area contributed by atoms with Crippen LogP contribution in [0.1, 0.15) is 30.9 Å². The van der Waals surface area contributed by atoms with Gasteiger partial charge in [0.25, 0.3) is 0 Å². The maximum Gasteiger partial charge on any atom is 0.222 e. The zero-order chi connectivity index (χ0) is 16.2. The van der Waals surface area contributed by atoms with Crippen molar-refractivity contribution in [2.75, 3.05) is 13.1 Å². The summed E-state index contributed by atoms with van der Waals surface area (Å²) in [6.07, 6.45) is 6.05. The Morgan fingerprint density at radius 3 is 2.61 bits per heavy atom. The van der Waals surface area contributed by atoms with Crippen LogP contribution in [0.25, 0.3) is 0 Å². The van der Waals surface area contributed by atoms with Crippen molar-refractivity contribution in [3.05, 3.63) is 47.0 Å². The zero-order valence-corrected chi connectivity index (χ0v) is 13.4. The summed E-state index contributed by atoms with van der Waals surface area (Å²) in [5.41, 5.74) is 0.875. The fourth-order valence-corrected chi connectivity index (χ4v) is 3.07. The molecule has 7 heteroatoms. The lowest BCUT2D eigenvalue weighted by Gasteiger charge is -2.31. The number of likely N-dealkylation sites (tertiary alicyclic amines) is 1. The van der Waals surface area contributed by atoms with Crippen molar-refractivity contribution < 1.29 is 9.18 Å². The quantitative estimate of drug-likeness (QED) is 0.862. The van der Waals surface area contributed by atoms with Gasteiger partial charge >= 0.3 is 0 Å². The van der Waals surface area contributed by atoms with Gasteiger partial charge in [-0.1, -0.05) is 17.7 Å². The van der Waals surface area contributed by atoms with Gasteiger partial charge in [-0.25, -0.2) is 4.39 Å². The molecular weight excluding hydrogens is 319 g/mol. The van der Waals surface area contributed by atoms with Crippen molar-refractivity contribution in [3.8, 4) is 0 Å². The minimum Gasteiger partial charge on any atom is -0.343 e. The van der Waals surface area contributed by atoms with Gasteiger partial charge in [-0.2, -0.15) is 15.0 Å². The van der Waals surface area contributed by atoms with Crippen molar-refractivity contribution in [3.63, 3.8) is 0 Å². The van der Waals surface area contributed by atoms with E-state index in [1.807, 2.05) is 4.90 Å². The van der Waals surface area contributed by atoms with Gasteiger partial charge in [0.15, 0.2) is 0 Å². The number of nitrogens with zero attached hydrogens (tertiary/aromatic N) is 4. The topological polar surface area (TPSA) is 51.0 Å². The van der Waals surface area contributed by atoms with Crippen LogP contribution in [0.5, 0.6) is 0 Å². The third-order valence-electron chi connectivity index (χ3n) is 4.19. The molecule has 0 aliphatic carbocycles. The summed E-state index contributed by atoms with van der Waals surface area (Å²) in [5, 5.41) is 8.42. The summed E-state index contributed by atoms with van der Waals surface area (Å²) in [5.74, 6) is -0.312. The molecule has 0 saturated carbocycles. The summed E-state index contributed by atoms with van der Waals surface area (Å²) in [6.45, 7) is 1.43. The maximum atomic E-state index is 13.1.